The Hall–Kier alpha value is -0.696. The van der Waals surface area contributed by atoms with Crippen molar-refractivity contribution in [3.63, 3.8) is 0 Å². The third kappa shape index (κ3) is 6.28. The van der Waals surface area contributed by atoms with E-state index in [1.54, 1.807) is 0 Å². The number of hydrogen-bond donors (Lipinski definition) is 0. The van der Waals surface area contributed by atoms with Crippen LogP contribution in [0.25, 0.3) is 0 Å². The summed E-state index contributed by atoms with van der Waals surface area (Å²) < 4.78 is 20.2. The van der Waals surface area contributed by atoms with Crippen LogP contribution in [-0.4, -0.2) is 41.4 Å². The smallest absolute Gasteiger partial charge is 0.303 e. The molecular formula is C32H58O4Si2. The molecule has 4 nitrogen and oxygen atoms in total. The summed E-state index contributed by atoms with van der Waals surface area (Å²) in [5.41, 5.74) is 0.375. The van der Waals surface area contributed by atoms with Gasteiger partial charge in [-0.05, 0) is 86.0 Å². The fourth-order valence-electron chi connectivity index (χ4n) is 8.21. The normalized spacial score (nSPS) is 32.8. The third-order valence-electron chi connectivity index (χ3n) is 9.62. The lowest BCUT2D eigenvalue weighted by molar-refractivity contribution is -0.155. The lowest BCUT2D eigenvalue weighted by Gasteiger charge is -2.51. The van der Waals surface area contributed by atoms with E-state index in [4.69, 9.17) is 13.6 Å². The van der Waals surface area contributed by atoms with Gasteiger partial charge < -0.3 is 13.6 Å². The Labute approximate surface area is 237 Å². The van der Waals surface area contributed by atoms with Crippen molar-refractivity contribution >= 4 is 24.0 Å². The fraction of sp³-hybridized carbons (Fsp3) is 0.844. The Bertz CT molecular complexity index is 877. The van der Waals surface area contributed by atoms with Crippen LogP contribution in [0.15, 0.2) is 24.3 Å². The van der Waals surface area contributed by atoms with Crippen LogP contribution in [0.4, 0.5) is 0 Å². The molecule has 0 aromatic carbocycles. The minimum absolute atomic E-state index is 0.00338. The van der Waals surface area contributed by atoms with Gasteiger partial charge in [0.15, 0.2) is 24.2 Å². The topological polar surface area (TPSA) is 44.8 Å². The van der Waals surface area contributed by atoms with E-state index in [9.17, 15) is 4.79 Å². The summed E-state index contributed by atoms with van der Waals surface area (Å²) in [5, 5.41) is 0. The van der Waals surface area contributed by atoms with E-state index in [-0.39, 0.29) is 34.4 Å². The standard InChI is InChI=1S/C32H58O4Si2/c1-22-20-26-25(18-19-32(30(6,7)8,36-38(11)12)24-16-14-13-15-17-24)27(29(3,4)5)21-31(26,35-37(9)10)28(22)34-23(2)33/h18-19,24-28,37-38H,1,13-17,20-21H2,2-12H3/t25-,26+,27-,28?,31+,32-/m1/s1. The first-order valence-corrected chi connectivity index (χ1v) is 20.9. The van der Waals surface area contributed by atoms with E-state index in [1.165, 1.54) is 39.0 Å². The minimum atomic E-state index is -1.43. The predicted molar refractivity (Wildman–Crippen MR) is 164 cm³/mol. The molecule has 6 heteroatoms. The Morgan fingerprint density at radius 1 is 1.00 bits per heavy atom. The molecule has 218 valence electrons. The molecule has 6 atom stereocenters. The van der Waals surface area contributed by atoms with Crippen LogP contribution >= 0.6 is 0 Å². The minimum Gasteiger partial charge on any atom is -0.455 e. The van der Waals surface area contributed by atoms with Crippen LogP contribution in [0.5, 0.6) is 0 Å². The zero-order valence-electron chi connectivity index (χ0n) is 26.5. The van der Waals surface area contributed by atoms with Gasteiger partial charge >= 0.3 is 5.97 Å². The van der Waals surface area contributed by atoms with Crippen LogP contribution in [0.1, 0.15) is 93.4 Å². The van der Waals surface area contributed by atoms with Crippen LogP contribution in [0.2, 0.25) is 26.2 Å². The molecule has 0 saturated heterocycles. The van der Waals surface area contributed by atoms with Crippen molar-refractivity contribution in [3.8, 4) is 0 Å². The third-order valence-corrected chi connectivity index (χ3v) is 11.4. The molecular weight excluding hydrogens is 505 g/mol. The highest BCUT2D eigenvalue weighted by Crippen LogP contribution is 2.62. The van der Waals surface area contributed by atoms with Crippen molar-refractivity contribution in [2.75, 3.05) is 0 Å². The van der Waals surface area contributed by atoms with Gasteiger partial charge in [-0.2, -0.15) is 0 Å². The Kier molecular flexibility index (Phi) is 9.76. The van der Waals surface area contributed by atoms with E-state index < -0.39 is 23.7 Å². The molecule has 3 saturated carbocycles. The molecule has 0 N–H and O–H groups in total. The number of esters is 1. The number of carbonyl (C=O) groups excluding carboxylic acids is 1. The number of fused-ring (bicyclic) bond motifs is 1. The van der Waals surface area contributed by atoms with Crippen molar-refractivity contribution in [1.29, 1.82) is 0 Å². The summed E-state index contributed by atoms with van der Waals surface area (Å²) in [5.74, 6) is 1.31. The van der Waals surface area contributed by atoms with Gasteiger partial charge in [-0.3, -0.25) is 4.79 Å². The van der Waals surface area contributed by atoms with E-state index in [1.807, 2.05) is 0 Å². The van der Waals surface area contributed by atoms with Gasteiger partial charge in [-0.15, -0.1) is 0 Å². The van der Waals surface area contributed by atoms with Gasteiger partial charge in [0, 0.05) is 12.8 Å². The number of rotatable bonds is 8. The SMILES string of the molecule is C=C1C[C@H]2[C@@H](C=C[C@@](O[SiH](C)C)(C3CCCCC3)C(C)(C)C)[C@H](C(C)(C)C)C[C@@]2(O[SiH](C)C)C1OC(C)=O. The van der Waals surface area contributed by atoms with Crippen molar-refractivity contribution in [3.05, 3.63) is 24.3 Å². The van der Waals surface area contributed by atoms with Gasteiger partial charge in [0.05, 0.1) is 5.60 Å². The molecule has 0 amide bonds. The van der Waals surface area contributed by atoms with Crippen LogP contribution in [0, 0.1) is 34.5 Å². The van der Waals surface area contributed by atoms with Gasteiger partial charge in [0.25, 0.3) is 0 Å². The first kappa shape index (κ1) is 31.8. The quantitative estimate of drug-likeness (QED) is 0.172. The summed E-state index contributed by atoms with van der Waals surface area (Å²) in [6.45, 7) is 29.3. The van der Waals surface area contributed by atoms with Crippen molar-refractivity contribution in [1.82, 2.24) is 0 Å². The molecule has 0 aromatic heterocycles. The molecule has 38 heavy (non-hydrogen) atoms. The first-order chi connectivity index (χ1) is 17.4. The average Bonchev–Trinajstić information content (AvgIpc) is 3.20. The molecule has 0 aliphatic heterocycles. The van der Waals surface area contributed by atoms with Crippen LogP contribution in [0.3, 0.4) is 0 Å². The number of hydrogen-bond acceptors (Lipinski definition) is 4. The molecule has 0 aromatic rings. The Morgan fingerprint density at radius 2 is 1.61 bits per heavy atom. The zero-order chi connectivity index (χ0) is 28.7. The predicted octanol–water partition coefficient (Wildman–Crippen LogP) is 7.84. The van der Waals surface area contributed by atoms with Gasteiger partial charge in [-0.1, -0.05) is 79.5 Å². The summed E-state index contributed by atoms with van der Waals surface area (Å²) >= 11 is 0. The second-order valence-corrected chi connectivity index (χ2v) is 19.9. The summed E-state index contributed by atoms with van der Waals surface area (Å²) in [6, 6.07) is 0. The van der Waals surface area contributed by atoms with Gasteiger partial charge in [0.1, 0.15) is 5.60 Å². The second kappa shape index (κ2) is 11.7. The summed E-state index contributed by atoms with van der Waals surface area (Å²) in [7, 11) is -2.74. The molecule has 0 radical (unpaired) electrons. The summed E-state index contributed by atoms with van der Waals surface area (Å²) in [6.07, 6.45) is 12.9. The number of ether oxygens (including phenoxy) is 1. The maximum absolute atomic E-state index is 12.2. The molecule has 3 aliphatic carbocycles. The highest BCUT2D eigenvalue weighted by atomic mass is 28.3. The Morgan fingerprint density at radius 3 is 2.08 bits per heavy atom. The maximum Gasteiger partial charge on any atom is 0.303 e. The molecule has 0 heterocycles. The average molecular weight is 563 g/mol. The van der Waals surface area contributed by atoms with Gasteiger partial charge in [-0.25, -0.2) is 0 Å². The monoisotopic (exact) mass is 562 g/mol. The molecule has 3 fully saturated rings. The van der Waals surface area contributed by atoms with E-state index in [2.05, 4.69) is 86.5 Å². The molecule has 1 unspecified atom stereocenters. The van der Waals surface area contributed by atoms with Crippen LogP contribution < -0.4 is 0 Å². The van der Waals surface area contributed by atoms with Crippen molar-refractivity contribution < 1.29 is 18.4 Å². The molecule has 3 aliphatic rings. The molecule has 0 spiro atoms. The van der Waals surface area contributed by atoms with Crippen molar-refractivity contribution in [2.45, 2.75) is 137 Å². The number of carbonyl (C=O) groups is 1. The first-order valence-electron chi connectivity index (χ1n) is 15.3. The fourth-order valence-corrected chi connectivity index (χ4v) is 10.9. The van der Waals surface area contributed by atoms with E-state index in [0.29, 0.717) is 17.8 Å². The Balaban J connectivity index is 2.14. The lowest BCUT2D eigenvalue weighted by atomic mass is 9.63. The van der Waals surface area contributed by atoms with E-state index in [0.717, 1.165) is 18.4 Å². The highest BCUT2D eigenvalue weighted by Gasteiger charge is 2.65. The zero-order valence-corrected chi connectivity index (χ0v) is 28.8. The molecule has 0 bridgehead atoms. The lowest BCUT2D eigenvalue weighted by Crippen LogP contribution is -2.53. The second-order valence-electron chi connectivity index (χ2n) is 15.2. The highest BCUT2D eigenvalue weighted by molar-refractivity contribution is 6.48. The van der Waals surface area contributed by atoms with E-state index >= 15 is 0 Å². The summed E-state index contributed by atoms with van der Waals surface area (Å²) in [4.78, 5) is 12.2. The maximum atomic E-state index is 12.2. The van der Waals surface area contributed by atoms with Crippen molar-refractivity contribution in [2.24, 2.45) is 34.5 Å². The largest absolute Gasteiger partial charge is 0.455 e. The number of allylic oxidation sites excluding steroid dienone is 1. The molecule has 3 rings (SSSR count). The van der Waals surface area contributed by atoms with Crippen LogP contribution in [-0.2, 0) is 18.4 Å². The van der Waals surface area contributed by atoms with Gasteiger partial charge in [0.2, 0.25) is 0 Å².